The number of rotatable bonds is 13. The smallest absolute Gasteiger partial charge is 0.123 e. The molecule has 0 heterocycles. The van der Waals surface area contributed by atoms with Gasteiger partial charge in [0.1, 0.15) is 6.17 Å². The average molecular weight is 248 g/mol. The highest BCUT2D eigenvalue weighted by molar-refractivity contribution is 4.54. The highest BCUT2D eigenvalue weighted by Crippen LogP contribution is 2.10. The highest BCUT2D eigenvalue weighted by atomic mass is 19.1. The Balaban J connectivity index is 2.94. The first kappa shape index (κ1) is 16.9. The van der Waals surface area contributed by atoms with Gasteiger partial charge in [-0.2, -0.15) is 0 Å². The third-order valence-corrected chi connectivity index (χ3v) is 2.85. The van der Waals surface area contributed by atoms with E-state index in [4.69, 9.17) is 9.84 Å². The van der Waals surface area contributed by atoms with Crippen molar-refractivity contribution in [2.75, 3.05) is 19.8 Å². The van der Waals surface area contributed by atoms with Crippen molar-refractivity contribution in [2.24, 2.45) is 0 Å². The van der Waals surface area contributed by atoms with Crippen LogP contribution in [0.25, 0.3) is 0 Å². The molecule has 0 aliphatic carbocycles. The zero-order valence-electron chi connectivity index (χ0n) is 11.3. The van der Waals surface area contributed by atoms with E-state index in [0.717, 1.165) is 38.9 Å². The van der Waals surface area contributed by atoms with Crippen molar-refractivity contribution in [1.29, 1.82) is 0 Å². The molecule has 0 bridgehead atoms. The molecule has 0 fully saturated rings. The predicted octanol–water partition coefficient (Wildman–Crippen LogP) is 3.86. The van der Waals surface area contributed by atoms with Gasteiger partial charge < -0.3 is 9.84 Å². The summed E-state index contributed by atoms with van der Waals surface area (Å²) in [6, 6.07) is 0. The molecule has 0 spiro atoms. The minimum absolute atomic E-state index is 0.322. The van der Waals surface area contributed by atoms with Crippen LogP contribution in [0.1, 0.15) is 64.7 Å². The molecular formula is C14H29FO2. The molecular weight excluding hydrogens is 219 g/mol. The lowest BCUT2D eigenvalue weighted by atomic mass is 10.1. The second kappa shape index (κ2) is 13.9. The molecule has 2 nitrogen and oxygen atoms in total. The lowest BCUT2D eigenvalue weighted by Gasteiger charge is -2.05. The summed E-state index contributed by atoms with van der Waals surface area (Å²) in [6.07, 6.45) is 8.69. The van der Waals surface area contributed by atoms with E-state index in [1.807, 2.05) is 0 Å². The zero-order valence-corrected chi connectivity index (χ0v) is 11.3. The largest absolute Gasteiger partial charge is 0.393 e. The Kier molecular flexibility index (Phi) is 13.8. The monoisotopic (exact) mass is 248 g/mol. The van der Waals surface area contributed by atoms with Gasteiger partial charge in [-0.3, -0.25) is 0 Å². The van der Waals surface area contributed by atoms with Gasteiger partial charge in [-0.1, -0.05) is 45.4 Å². The number of ether oxygens (including phenoxy) is 1. The van der Waals surface area contributed by atoms with E-state index in [1.54, 1.807) is 0 Å². The number of aliphatic hydroxyl groups excluding tert-OH is 1. The molecule has 3 heteroatoms. The van der Waals surface area contributed by atoms with Gasteiger partial charge in [0.25, 0.3) is 0 Å². The minimum Gasteiger partial charge on any atom is -0.393 e. The number of aliphatic hydroxyl groups is 1. The van der Waals surface area contributed by atoms with Crippen LogP contribution in [0.4, 0.5) is 4.39 Å². The molecule has 0 radical (unpaired) electrons. The standard InChI is InChI=1S/C14H29FO2/c1-2-11-17-12-9-7-5-3-4-6-8-10-14(15)13-16/h14,16H,2-13H2,1H3. The quantitative estimate of drug-likeness (QED) is 0.501. The Labute approximate surface area is 106 Å². The van der Waals surface area contributed by atoms with Crippen LogP contribution in [0, 0.1) is 0 Å². The second-order valence-corrected chi connectivity index (χ2v) is 4.66. The van der Waals surface area contributed by atoms with Gasteiger partial charge in [-0.25, -0.2) is 4.39 Å². The third kappa shape index (κ3) is 13.8. The van der Waals surface area contributed by atoms with Gasteiger partial charge in [-0.15, -0.1) is 0 Å². The summed E-state index contributed by atoms with van der Waals surface area (Å²) in [5.74, 6) is 0. The minimum atomic E-state index is -1.01. The first-order valence-electron chi connectivity index (χ1n) is 7.14. The third-order valence-electron chi connectivity index (χ3n) is 2.85. The molecule has 0 aromatic rings. The van der Waals surface area contributed by atoms with Crippen molar-refractivity contribution in [3.8, 4) is 0 Å². The molecule has 1 N–H and O–H groups in total. The molecule has 0 aromatic carbocycles. The van der Waals surface area contributed by atoms with E-state index >= 15 is 0 Å². The zero-order chi connectivity index (χ0) is 12.8. The molecule has 0 rings (SSSR count). The predicted molar refractivity (Wildman–Crippen MR) is 70.0 cm³/mol. The van der Waals surface area contributed by atoms with E-state index < -0.39 is 6.17 Å². The van der Waals surface area contributed by atoms with E-state index in [-0.39, 0.29) is 6.61 Å². The van der Waals surface area contributed by atoms with Gasteiger partial charge in [-0.05, 0) is 19.3 Å². The Hall–Kier alpha value is -0.150. The SMILES string of the molecule is CCCOCCCCCCCCCC(F)CO. The van der Waals surface area contributed by atoms with Gasteiger partial charge in [0.2, 0.25) is 0 Å². The Morgan fingerprint density at radius 2 is 1.53 bits per heavy atom. The van der Waals surface area contributed by atoms with Crippen molar-refractivity contribution in [2.45, 2.75) is 70.9 Å². The van der Waals surface area contributed by atoms with Gasteiger partial charge >= 0.3 is 0 Å². The maximum atomic E-state index is 12.6. The van der Waals surface area contributed by atoms with E-state index in [9.17, 15) is 4.39 Å². The summed E-state index contributed by atoms with van der Waals surface area (Å²) >= 11 is 0. The van der Waals surface area contributed by atoms with Crippen LogP contribution in [0.5, 0.6) is 0 Å². The molecule has 1 atom stereocenters. The van der Waals surface area contributed by atoms with E-state index in [1.165, 1.54) is 25.7 Å². The summed E-state index contributed by atoms with van der Waals surface area (Å²) < 4.78 is 18.0. The fourth-order valence-electron chi connectivity index (χ4n) is 1.79. The van der Waals surface area contributed by atoms with Crippen LogP contribution in [0.15, 0.2) is 0 Å². The number of hydrogen-bond donors (Lipinski definition) is 1. The summed E-state index contributed by atoms with van der Waals surface area (Å²) in [5.41, 5.74) is 0. The van der Waals surface area contributed by atoms with Crippen LogP contribution in [0.2, 0.25) is 0 Å². The molecule has 1 unspecified atom stereocenters. The summed E-state index contributed by atoms with van der Waals surface area (Å²) in [5, 5.41) is 8.51. The van der Waals surface area contributed by atoms with Crippen molar-refractivity contribution in [3.05, 3.63) is 0 Å². The summed E-state index contributed by atoms with van der Waals surface area (Å²) in [7, 11) is 0. The van der Waals surface area contributed by atoms with Crippen LogP contribution in [-0.2, 0) is 4.74 Å². The summed E-state index contributed by atoms with van der Waals surface area (Å²) in [4.78, 5) is 0. The number of hydrogen-bond acceptors (Lipinski definition) is 2. The molecule has 0 aliphatic heterocycles. The van der Waals surface area contributed by atoms with Crippen LogP contribution < -0.4 is 0 Å². The first-order chi connectivity index (χ1) is 8.31. The van der Waals surface area contributed by atoms with Crippen molar-refractivity contribution in [1.82, 2.24) is 0 Å². The van der Waals surface area contributed by atoms with Gasteiger partial charge in [0, 0.05) is 13.2 Å². The van der Waals surface area contributed by atoms with E-state index in [0.29, 0.717) is 6.42 Å². The molecule has 17 heavy (non-hydrogen) atoms. The number of halogens is 1. The lowest BCUT2D eigenvalue weighted by molar-refractivity contribution is 0.130. The van der Waals surface area contributed by atoms with Gasteiger partial charge in [0.15, 0.2) is 0 Å². The molecule has 0 aromatic heterocycles. The average Bonchev–Trinajstić information content (AvgIpc) is 2.35. The van der Waals surface area contributed by atoms with Crippen LogP contribution in [-0.4, -0.2) is 31.1 Å². The molecule has 0 aliphatic rings. The second-order valence-electron chi connectivity index (χ2n) is 4.66. The molecule has 0 saturated heterocycles. The molecule has 0 saturated carbocycles. The molecule has 104 valence electrons. The fraction of sp³-hybridized carbons (Fsp3) is 1.00. The topological polar surface area (TPSA) is 29.5 Å². The van der Waals surface area contributed by atoms with Gasteiger partial charge in [0.05, 0.1) is 6.61 Å². The Morgan fingerprint density at radius 1 is 0.941 bits per heavy atom. The first-order valence-corrected chi connectivity index (χ1v) is 7.14. The summed E-state index contributed by atoms with van der Waals surface area (Å²) in [6.45, 7) is 3.58. The maximum Gasteiger partial charge on any atom is 0.123 e. The molecule has 0 amide bonds. The van der Waals surface area contributed by atoms with Crippen molar-refractivity contribution in [3.63, 3.8) is 0 Å². The van der Waals surface area contributed by atoms with Crippen LogP contribution >= 0.6 is 0 Å². The number of alkyl halides is 1. The normalized spacial score (nSPS) is 12.9. The maximum absolute atomic E-state index is 12.6. The number of unbranched alkanes of at least 4 members (excludes halogenated alkanes) is 6. The Morgan fingerprint density at radius 3 is 2.12 bits per heavy atom. The fourth-order valence-corrected chi connectivity index (χ4v) is 1.79. The lowest BCUT2D eigenvalue weighted by Crippen LogP contribution is -2.04. The van der Waals surface area contributed by atoms with Crippen molar-refractivity contribution < 1.29 is 14.2 Å². The van der Waals surface area contributed by atoms with E-state index in [2.05, 4.69) is 6.92 Å². The highest BCUT2D eigenvalue weighted by Gasteiger charge is 2.02. The van der Waals surface area contributed by atoms with Crippen LogP contribution in [0.3, 0.4) is 0 Å². The van der Waals surface area contributed by atoms with Crippen molar-refractivity contribution >= 4 is 0 Å². The Bertz CT molecular complexity index is 142.